The number of hydrogen-bond acceptors (Lipinski definition) is 4. The maximum Gasteiger partial charge on any atom is 0.244 e. The van der Waals surface area contributed by atoms with Crippen LogP contribution in [0.1, 0.15) is 30.6 Å². The summed E-state index contributed by atoms with van der Waals surface area (Å²) in [6, 6.07) is 15.5. The second-order valence-corrected chi connectivity index (χ2v) is 6.05. The van der Waals surface area contributed by atoms with E-state index in [4.69, 9.17) is 14.2 Å². The number of hydrogen-bond donors (Lipinski definition) is 1. The van der Waals surface area contributed by atoms with E-state index >= 15 is 0 Å². The molecule has 1 N–H and O–H groups in total. The van der Waals surface area contributed by atoms with Gasteiger partial charge in [-0.3, -0.25) is 4.79 Å². The maximum atomic E-state index is 11.9. The van der Waals surface area contributed by atoms with Crippen molar-refractivity contribution in [1.29, 1.82) is 0 Å². The molecule has 0 aromatic heterocycles. The number of methoxy groups -OCH3 is 2. The van der Waals surface area contributed by atoms with Crippen LogP contribution >= 0.6 is 0 Å². The molecule has 144 valence electrons. The normalized spacial score (nSPS) is 12.0. The Labute approximate surface area is 161 Å². The molecule has 2 aromatic rings. The maximum absolute atomic E-state index is 11.9. The molecule has 0 aliphatic heterocycles. The van der Waals surface area contributed by atoms with Gasteiger partial charge in [0.1, 0.15) is 11.5 Å². The lowest BCUT2D eigenvalue weighted by Crippen LogP contribution is -2.23. The van der Waals surface area contributed by atoms with Gasteiger partial charge in [0.2, 0.25) is 5.91 Å². The number of benzene rings is 2. The Morgan fingerprint density at radius 3 is 2.37 bits per heavy atom. The van der Waals surface area contributed by atoms with Crippen molar-refractivity contribution in [2.75, 3.05) is 27.4 Å². The molecule has 0 unspecified atom stereocenters. The van der Waals surface area contributed by atoms with Gasteiger partial charge in [-0.2, -0.15) is 0 Å². The van der Waals surface area contributed by atoms with E-state index < -0.39 is 0 Å². The second-order valence-electron chi connectivity index (χ2n) is 6.05. The van der Waals surface area contributed by atoms with Gasteiger partial charge in [0, 0.05) is 25.3 Å². The Balaban J connectivity index is 1.71. The summed E-state index contributed by atoms with van der Waals surface area (Å²) in [7, 11) is 3.19. The molecule has 0 spiro atoms. The predicted octanol–water partition coefficient (Wildman–Crippen LogP) is 4.00. The quantitative estimate of drug-likeness (QED) is 0.508. The molecule has 0 fully saturated rings. The van der Waals surface area contributed by atoms with Crippen LogP contribution in [0.15, 0.2) is 54.6 Å². The van der Waals surface area contributed by atoms with E-state index in [1.54, 1.807) is 26.4 Å². The number of ether oxygens (including phenoxy) is 3. The van der Waals surface area contributed by atoms with Gasteiger partial charge >= 0.3 is 0 Å². The highest BCUT2D eigenvalue weighted by Gasteiger charge is 2.04. The molecule has 0 heterocycles. The molecule has 0 saturated carbocycles. The third-order valence-corrected chi connectivity index (χ3v) is 4.06. The highest BCUT2D eigenvalue weighted by atomic mass is 16.5. The lowest BCUT2D eigenvalue weighted by Gasteiger charge is -2.13. The molecule has 5 heteroatoms. The molecule has 0 aliphatic rings. The lowest BCUT2D eigenvalue weighted by atomic mass is 10.1. The highest BCUT2D eigenvalue weighted by molar-refractivity contribution is 5.91. The van der Waals surface area contributed by atoms with Gasteiger partial charge in [0.15, 0.2) is 0 Å². The van der Waals surface area contributed by atoms with Gasteiger partial charge in [-0.05, 0) is 42.7 Å². The fraction of sp³-hybridized carbons (Fsp3) is 0.318. The average Bonchev–Trinajstić information content (AvgIpc) is 2.72. The molecule has 0 saturated heterocycles. The average molecular weight is 369 g/mol. The molecule has 1 atom stereocenters. The third-order valence-electron chi connectivity index (χ3n) is 4.06. The summed E-state index contributed by atoms with van der Waals surface area (Å²) in [5.41, 5.74) is 1.99. The Hall–Kier alpha value is -2.79. The van der Waals surface area contributed by atoms with Crippen LogP contribution < -0.4 is 14.8 Å². The highest BCUT2D eigenvalue weighted by Crippen LogP contribution is 2.23. The summed E-state index contributed by atoms with van der Waals surface area (Å²) >= 11 is 0. The molecular formula is C22H27NO4. The molecule has 2 rings (SSSR count). The van der Waals surface area contributed by atoms with Crippen LogP contribution in [0.2, 0.25) is 0 Å². The van der Waals surface area contributed by atoms with E-state index in [-0.39, 0.29) is 12.0 Å². The van der Waals surface area contributed by atoms with Gasteiger partial charge in [-0.1, -0.05) is 30.3 Å². The second kappa shape index (κ2) is 11.0. The van der Waals surface area contributed by atoms with Gasteiger partial charge < -0.3 is 19.5 Å². The van der Waals surface area contributed by atoms with Crippen molar-refractivity contribution in [2.45, 2.75) is 19.4 Å². The minimum absolute atomic E-state index is 0.0461. The van der Waals surface area contributed by atoms with Crippen LogP contribution in [-0.4, -0.2) is 33.3 Å². The topological polar surface area (TPSA) is 56.8 Å². The van der Waals surface area contributed by atoms with Crippen LogP contribution in [0.4, 0.5) is 0 Å². The van der Waals surface area contributed by atoms with Crippen molar-refractivity contribution in [1.82, 2.24) is 5.32 Å². The van der Waals surface area contributed by atoms with Gasteiger partial charge in [-0.15, -0.1) is 0 Å². The van der Waals surface area contributed by atoms with E-state index in [2.05, 4.69) is 5.32 Å². The van der Waals surface area contributed by atoms with Crippen molar-refractivity contribution in [2.24, 2.45) is 0 Å². The first-order valence-electron chi connectivity index (χ1n) is 8.98. The fourth-order valence-electron chi connectivity index (χ4n) is 2.52. The molecule has 5 nitrogen and oxygen atoms in total. The lowest BCUT2D eigenvalue weighted by molar-refractivity contribution is -0.116. The molecule has 2 aromatic carbocycles. The van der Waals surface area contributed by atoms with Crippen LogP contribution in [0.5, 0.6) is 11.5 Å². The van der Waals surface area contributed by atoms with Crippen LogP contribution in [0.25, 0.3) is 6.08 Å². The predicted molar refractivity (Wildman–Crippen MR) is 107 cm³/mol. The van der Waals surface area contributed by atoms with Crippen LogP contribution in [-0.2, 0) is 9.53 Å². The molecular weight excluding hydrogens is 342 g/mol. The number of nitrogens with one attached hydrogen (secondary N) is 1. The first-order valence-corrected chi connectivity index (χ1v) is 8.98. The molecule has 0 aliphatic carbocycles. The summed E-state index contributed by atoms with van der Waals surface area (Å²) in [5.74, 6) is 1.21. The van der Waals surface area contributed by atoms with Gasteiger partial charge in [0.05, 0.1) is 20.3 Å². The number of carbonyl (C=O) groups is 1. The smallest absolute Gasteiger partial charge is 0.244 e. The largest absolute Gasteiger partial charge is 0.497 e. The minimum Gasteiger partial charge on any atom is -0.497 e. The summed E-state index contributed by atoms with van der Waals surface area (Å²) in [5, 5.41) is 2.86. The molecule has 0 bridgehead atoms. The number of amides is 1. The Kier molecular flexibility index (Phi) is 8.39. The Morgan fingerprint density at radius 1 is 1.07 bits per heavy atom. The van der Waals surface area contributed by atoms with Crippen molar-refractivity contribution in [3.05, 3.63) is 65.7 Å². The van der Waals surface area contributed by atoms with Crippen molar-refractivity contribution in [3.63, 3.8) is 0 Å². The fourth-order valence-corrected chi connectivity index (χ4v) is 2.52. The number of rotatable bonds is 10. The minimum atomic E-state index is -0.145. The molecule has 27 heavy (non-hydrogen) atoms. The standard InChI is InChI=1S/C22H27NO4/c1-17(19-8-5-4-6-9-19)27-13-7-12-23-22(24)11-10-18-14-20(25-2)16-21(15-18)26-3/h4-6,8-11,14-17H,7,12-13H2,1-3H3,(H,23,24)/b11-10+/t17-/m0/s1. The van der Waals surface area contributed by atoms with Crippen molar-refractivity contribution < 1.29 is 19.0 Å². The zero-order valence-corrected chi connectivity index (χ0v) is 16.1. The van der Waals surface area contributed by atoms with Gasteiger partial charge in [0.25, 0.3) is 0 Å². The monoisotopic (exact) mass is 369 g/mol. The van der Waals surface area contributed by atoms with Crippen molar-refractivity contribution in [3.8, 4) is 11.5 Å². The van der Waals surface area contributed by atoms with E-state index in [0.717, 1.165) is 17.5 Å². The zero-order valence-electron chi connectivity index (χ0n) is 16.1. The zero-order chi connectivity index (χ0) is 19.5. The summed E-state index contributed by atoms with van der Waals surface area (Å²) < 4.78 is 16.2. The van der Waals surface area contributed by atoms with E-state index in [1.807, 2.05) is 49.4 Å². The van der Waals surface area contributed by atoms with Crippen molar-refractivity contribution >= 4 is 12.0 Å². The third kappa shape index (κ3) is 7.15. The summed E-state index contributed by atoms with van der Waals surface area (Å²) in [6.07, 6.45) is 4.03. The molecule has 1 amide bonds. The first-order chi connectivity index (χ1) is 13.1. The Morgan fingerprint density at radius 2 is 1.74 bits per heavy atom. The summed E-state index contributed by atoms with van der Waals surface area (Å²) in [4.78, 5) is 11.9. The van der Waals surface area contributed by atoms with Crippen LogP contribution in [0.3, 0.4) is 0 Å². The number of carbonyl (C=O) groups excluding carboxylic acids is 1. The summed E-state index contributed by atoms with van der Waals surface area (Å²) in [6.45, 7) is 3.18. The first kappa shape index (κ1) is 20.5. The Bertz CT molecular complexity index is 721. The van der Waals surface area contributed by atoms with E-state index in [1.165, 1.54) is 6.08 Å². The van der Waals surface area contributed by atoms with E-state index in [9.17, 15) is 4.79 Å². The SMILES string of the molecule is COc1cc(/C=C/C(=O)NCCCO[C@@H](C)c2ccccc2)cc(OC)c1. The van der Waals surface area contributed by atoms with Gasteiger partial charge in [-0.25, -0.2) is 0 Å². The molecule has 0 radical (unpaired) electrons. The van der Waals surface area contributed by atoms with Crippen LogP contribution in [0, 0.1) is 0 Å². The van der Waals surface area contributed by atoms with E-state index in [0.29, 0.717) is 24.7 Å².